The third-order valence-corrected chi connectivity index (χ3v) is 9.94. The molecule has 124 valence electrons. The first-order valence-electron chi connectivity index (χ1n) is 9.59. The van der Waals surface area contributed by atoms with Crippen LogP contribution in [0.15, 0.2) is 0 Å². The minimum atomic E-state index is -0.120. The van der Waals surface area contributed by atoms with E-state index in [1.807, 2.05) is 0 Å². The van der Waals surface area contributed by atoms with Crippen molar-refractivity contribution in [3.8, 4) is 0 Å². The van der Waals surface area contributed by atoms with Gasteiger partial charge < -0.3 is 10.2 Å². The van der Waals surface area contributed by atoms with E-state index in [4.69, 9.17) is 0 Å². The fourth-order valence-electron chi connectivity index (χ4n) is 8.83. The van der Waals surface area contributed by atoms with Crippen molar-refractivity contribution >= 4 is 0 Å². The Kier molecular flexibility index (Phi) is 2.45. The van der Waals surface area contributed by atoms with Gasteiger partial charge in [0.1, 0.15) is 0 Å². The van der Waals surface area contributed by atoms with Crippen LogP contribution in [-0.2, 0) is 0 Å². The van der Waals surface area contributed by atoms with E-state index in [1.165, 1.54) is 32.1 Å². The standard InChI is InChI=1S/C20H32O2/c1-17(11-21)5-4-6-18(2)14(17)8-16(22)20-9-13-12(7-15(18)20)19(13,3)10-20/h12-16,21-22H,4-11H2,1-3H3/t12-,13+,14-,15+,16+,17-,18-,19-,20-/m1/s1. The first-order chi connectivity index (χ1) is 10.3. The molecule has 2 heteroatoms. The average molecular weight is 304 g/mol. The van der Waals surface area contributed by atoms with Crippen molar-refractivity contribution < 1.29 is 10.2 Å². The van der Waals surface area contributed by atoms with Crippen molar-refractivity contribution in [3.05, 3.63) is 0 Å². The molecular weight excluding hydrogens is 272 g/mol. The summed E-state index contributed by atoms with van der Waals surface area (Å²) in [5.41, 5.74) is 1.19. The van der Waals surface area contributed by atoms with Gasteiger partial charge >= 0.3 is 0 Å². The largest absolute Gasteiger partial charge is 0.396 e. The molecule has 0 amide bonds. The maximum Gasteiger partial charge on any atom is 0.0602 e. The molecular formula is C20H32O2. The third kappa shape index (κ3) is 1.30. The summed E-state index contributed by atoms with van der Waals surface area (Å²) in [5, 5.41) is 21.3. The van der Waals surface area contributed by atoms with Crippen LogP contribution in [-0.4, -0.2) is 22.9 Å². The molecule has 0 aromatic heterocycles. The van der Waals surface area contributed by atoms with E-state index in [0.29, 0.717) is 29.3 Å². The molecule has 9 atom stereocenters. The van der Waals surface area contributed by atoms with Crippen LogP contribution in [0, 0.1) is 45.3 Å². The molecule has 6 aliphatic carbocycles. The van der Waals surface area contributed by atoms with Crippen LogP contribution in [0.2, 0.25) is 0 Å². The minimum Gasteiger partial charge on any atom is -0.396 e. The van der Waals surface area contributed by atoms with E-state index in [9.17, 15) is 10.2 Å². The van der Waals surface area contributed by atoms with Gasteiger partial charge in [-0.15, -0.1) is 0 Å². The number of hydrogen-bond donors (Lipinski definition) is 2. The summed E-state index contributed by atoms with van der Waals surface area (Å²) >= 11 is 0. The smallest absolute Gasteiger partial charge is 0.0602 e. The van der Waals surface area contributed by atoms with Crippen LogP contribution < -0.4 is 0 Å². The molecule has 2 N–H and O–H groups in total. The van der Waals surface area contributed by atoms with E-state index in [0.717, 1.165) is 24.7 Å². The summed E-state index contributed by atoms with van der Waals surface area (Å²) in [6, 6.07) is 0. The van der Waals surface area contributed by atoms with Crippen molar-refractivity contribution in [1.82, 2.24) is 0 Å². The lowest BCUT2D eigenvalue weighted by Crippen LogP contribution is -2.63. The van der Waals surface area contributed by atoms with Crippen LogP contribution >= 0.6 is 0 Å². The summed E-state index contributed by atoms with van der Waals surface area (Å²) < 4.78 is 0. The van der Waals surface area contributed by atoms with Crippen molar-refractivity contribution in [2.24, 2.45) is 45.3 Å². The van der Waals surface area contributed by atoms with Gasteiger partial charge in [-0.25, -0.2) is 0 Å². The normalized spacial score (nSPS) is 68.3. The predicted octanol–water partition coefficient (Wildman–Crippen LogP) is 3.61. The monoisotopic (exact) mass is 304 g/mol. The van der Waals surface area contributed by atoms with Gasteiger partial charge in [-0.05, 0) is 78.4 Å². The first kappa shape index (κ1) is 14.3. The summed E-state index contributed by atoms with van der Waals surface area (Å²) in [5.74, 6) is 3.08. The highest BCUT2D eigenvalue weighted by Crippen LogP contribution is 2.85. The fraction of sp³-hybridized carbons (Fsp3) is 1.00. The molecule has 0 heterocycles. The summed E-state index contributed by atoms with van der Waals surface area (Å²) in [4.78, 5) is 0. The molecule has 0 aromatic carbocycles. The molecule has 4 bridgehead atoms. The quantitative estimate of drug-likeness (QED) is 0.777. The lowest BCUT2D eigenvalue weighted by Gasteiger charge is -2.67. The SMILES string of the molecule is C[C@]1(CO)CCC[C@]2(C)[C@@H]1C[C@H](O)[C@@]13C[C@H]4[C@@H](C[C@@H]21)[C@@]4(C)C3. The zero-order valence-electron chi connectivity index (χ0n) is 14.4. The van der Waals surface area contributed by atoms with Gasteiger partial charge in [0, 0.05) is 12.0 Å². The van der Waals surface area contributed by atoms with Crippen molar-refractivity contribution in [1.29, 1.82) is 0 Å². The second-order valence-corrected chi connectivity index (χ2v) is 10.6. The number of aliphatic hydroxyl groups excluding tert-OH is 2. The molecule has 0 aromatic rings. The highest BCUT2D eigenvalue weighted by atomic mass is 16.3. The molecule has 0 radical (unpaired) electrons. The maximum absolute atomic E-state index is 11.2. The zero-order valence-corrected chi connectivity index (χ0v) is 14.4. The molecule has 2 nitrogen and oxygen atoms in total. The molecule has 6 rings (SSSR count). The Morgan fingerprint density at radius 2 is 1.73 bits per heavy atom. The Morgan fingerprint density at radius 1 is 0.955 bits per heavy atom. The van der Waals surface area contributed by atoms with Gasteiger partial charge in [0.05, 0.1) is 6.10 Å². The molecule has 6 saturated carbocycles. The molecule has 0 saturated heterocycles. The summed E-state index contributed by atoms with van der Waals surface area (Å²) in [6.07, 6.45) is 8.51. The molecule has 6 aliphatic rings. The number of rotatable bonds is 1. The van der Waals surface area contributed by atoms with Crippen molar-refractivity contribution in [3.63, 3.8) is 0 Å². The minimum absolute atomic E-state index is 0.0308. The number of hydrogen-bond acceptors (Lipinski definition) is 2. The van der Waals surface area contributed by atoms with Crippen LogP contribution in [0.1, 0.15) is 65.7 Å². The number of fused-ring (bicyclic) bond motifs is 1. The van der Waals surface area contributed by atoms with Crippen LogP contribution in [0.3, 0.4) is 0 Å². The second-order valence-electron chi connectivity index (χ2n) is 10.6. The van der Waals surface area contributed by atoms with Gasteiger partial charge in [0.15, 0.2) is 0 Å². The summed E-state index contributed by atoms with van der Waals surface area (Å²) in [7, 11) is 0. The highest BCUT2D eigenvalue weighted by molar-refractivity contribution is 5.28. The average Bonchev–Trinajstić information content (AvgIpc) is 2.93. The van der Waals surface area contributed by atoms with Crippen LogP contribution in [0.4, 0.5) is 0 Å². The van der Waals surface area contributed by atoms with E-state index >= 15 is 0 Å². The van der Waals surface area contributed by atoms with E-state index in [-0.39, 0.29) is 16.9 Å². The lowest BCUT2D eigenvalue weighted by molar-refractivity contribution is -0.218. The molecule has 1 spiro atoms. The lowest BCUT2D eigenvalue weighted by atomic mass is 9.39. The van der Waals surface area contributed by atoms with Gasteiger partial charge in [0.2, 0.25) is 0 Å². The van der Waals surface area contributed by atoms with E-state index in [2.05, 4.69) is 20.8 Å². The maximum atomic E-state index is 11.2. The van der Waals surface area contributed by atoms with Crippen LogP contribution in [0.25, 0.3) is 0 Å². The van der Waals surface area contributed by atoms with Crippen molar-refractivity contribution in [2.45, 2.75) is 71.8 Å². The van der Waals surface area contributed by atoms with Gasteiger partial charge in [-0.2, -0.15) is 0 Å². The van der Waals surface area contributed by atoms with E-state index in [1.54, 1.807) is 0 Å². The highest BCUT2D eigenvalue weighted by Gasteiger charge is 2.80. The molecule has 0 aliphatic heterocycles. The molecule has 6 fully saturated rings. The first-order valence-corrected chi connectivity index (χ1v) is 9.59. The zero-order chi connectivity index (χ0) is 15.5. The molecule has 22 heavy (non-hydrogen) atoms. The van der Waals surface area contributed by atoms with Gasteiger partial charge in [-0.1, -0.05) is 27.2 Å². The van der Waals surface area contributed by atoms with Crippen LogP contribution in [0.5, 0.6) is 0 Å². The Labute approximate surface area is 134 Å². The molecule has 0 unspecified atom stereocenters. The summed E-state index contributed by atoms with van der Waals surface area (Å²) in [6.45, 7) is 7.60. The van der Waals surface area contributed by atoms with Gasteiger partial charge in [0.25, 0.3) is 0 Å². The van der Waals surface area contributed by atoms with E-state index < -0.39 is 0 Å². The fourth-order valence-corrected chi connectivity index (χ4v) is 8.83. The van der Waals surface area contributed by atoms with Gasteiger partial charge in [-0.3, -0.25) is 0 Å². The Bertz CT molecular complexity index is 532. The Balaban J connectivity index is 1.59. The Morgan fingerprint density at radius 3 is 2.36 bits per heavy atom. The van der Waals surface area contributed by atoms with Crippen molar-refractivity contribution in [2.75, 3.05) is 6.61 Å². The third-order valence-electron chi connectivity index (χ3n) is 9.94. The predicted molar refractivity (Wildman–Crippen MR) is 86.1 cm³/mol. The Hall–Kier alpha value is -0.0800. The number of aliphatic hydroxyl groups is 2. The second kappa shape index (κ2) is 3.77. The topological polar surface area (TPSA) is 40.5 Å².